The SMILES string of the molecule is CCNC(C)(CC(N)=O)C1CC1. The van der Waals surface area contributed by atoms with E-state index in [0.717, 1.165) is 6.54 Å². The van der Waals surface area contributed by atoms with Crippen LogP contribution in [0.1, 0.15) is 33.1 Å². The van der Waals surface area contributed by atoms with Crippen LogP contribution in [0, 0.1) is 5.92 Å². The predicted molar refractivity (Wildman–Crippen MR) is 48.6 cm³/mol. The summed E-state index contributed by atoms with van der Waals surface area (Å²) >= 11 is 0. The van der Waals surface area contributed by atoms with Gasteiger partial charge in [-0.2, -0.15) is 0 Å². The molecule has 1 aliphatic carbocycles. The molecule has 12 heavy (non-hydrogen) atoms. The second kappa shape index (κ2) is 3.44. The molecular weight excluding hydrogens is 152 g/mol. The molecule has 1 fully saturated rings. The number of nitrogens with one attached hydrogen (secondary N) is 1. The lowest BCUT2D eigenvalue weighted by atomic mass is 9.91. The molecule has 3 N–H and O–H groups in total. The summed E-state index contributed by atoms with van der Waals surface area (Å²) in [6.07, 6.45) is 2.93. The maximum atomic E-state index is 10.8. The fourth-order valence-electron chi connectivity index (χ4n) is 1.84. The third-order valence-electron chi connectivity index (χ3n) is 2.60. The van der Waals surface area contributed by atoms with Crippen molar-refractivity contribution in [2.75, 3.05) is 6.54 Å². The van der Waals surface area contributed by atoms with Gasteiger partial charge in [0.05, 0.1) is 0 Å². The highest BCUT2D eigenvalue weighted by molar-refractivity contribution is 5.75. The predicted octanol–water partition coefficient (Wildman–Crippen LogP) is 0.640. The van der Waals surface area contributed by atoms with Gasteiger partial charge in [-0.3, -0.25) is 4.79 Å². The van der Waals surface area contributed by atoms with E-state index in [0.29, 0.717) is 12.3 Å². The van der Waals surface area contributed by atoms with E-state index in [4.69, 9.17) is 5.73 Å². The van der Waals surface area contributed by atoms with E-state index in [9.17, 15) is 4.79 Å². The third-order valence-corrected chi connectivity index (χ3v) is 2.60. The second-order valence-corrected chi connectivity index (χ2v) is 3.87. The molecule has 1 aliphatic rings. The van der Waals surface area contributed by atoms with Gasteiger partial charge in [0.1, 0.15) is 0 Å². The lowest BCUT2D eigenvalue weighted by Crippen LogP contribution is -2.47. The Morgan fingerprint density at radius 2 is 2.25 bits per heavy atom. The fourth-order valence-corrected chi connectivity index (χ4v) is 1.84. The van der Waals surface area contributed by atoms with E-state index >= 15 is 0 Å². The molecule has 0 aliphatic heterocycles. The topological polar surface area (TPSA) is 55.1 Å². The van der Waals surface area contributed by atoms with Gasteiger partial charge in [0.15, 0.2) is 0 Å². The molecule has 70 valence electrons. The molecule has 1 amide bonds. The average Bonchev–Trinajstić information content (AvgIpc) is 2.65. The molecule has 0 bridgehead atoms. The van der Waals surface area contributed by atoms with Crippen molar-refractivity contribution >= 4 is 5.91 Å². The molecular formula is C9H18N2O. The first-order chi connectivity index (χ1) is 5.58. The van der Waals surface area contributed by atoms with E-state index < -0.39 is 0 Å². The van der Waals surface area contributed by atoms with Gasteiger partial charge in [0.25, 0.3) is 0 Å². The van der Waals surface area contributed by atoms with Crippen molar-refractivity contribution in [2.24, 2.45) is 11.7 Å². The molecule has 1 unspecified atom stereocenters. The smallest absolute Gasteiger partial charge is 0.219 e. The molecule has 0 spiro atoms. The largest absolute Gasteiger partial charge is 0.370 e. The van der Waals surface area contributed by atoms with Gasteiger partial charge in [0.2, 0.25) is 5.91 Å². The molecule has 0 saturated heterocycles. The van der Waals surface area contributed by atoms with Crippen molar-refractivity contribution in [2.45, 2.75) is 38.6 Å². The first kappa shape index (κ1) is 9.52. The summed E-state index contributed by atoms with van der Waals surface area (Å²) in [6, 6.07) is 0. The van der Waals surface area contributed by atoms with E-state index in [-0.39, 0.29) is 11.4 Å². The van der Waals surface area contributed by atoms with Gasteiger partial charge < -0.3 is 11.1 Å². The molecule has 1 atom stereocenters. The Balaban J connectivity index is 2.51. The van der Waals surface area contributed by atoms with Crippen molar-refractivity contribution in [1.29, 1.82) is 0 Å². The molecule has 3 heteroatoms. The third kappa shape index (κ3) is 2.21. The summed E-state index contributed by atoms with van der Waals surface area (Å²) < 4.78 is 0. The standard InChI is InChI=1S/C9H18N2O/c1-3-11-9(2,6-8(10)12)7-4-5-7/h7,11H,3-6H2,1-2H3,(H2,10,12). The Bertz CT molecular complexity index is 177. The lowest BCUT2D eigenvalue weighted by molar-refractivity contribution is -0.119. The summed E-state index contributed by atoms with van der Waals surface area (Å²) in [6.45, 7) is 5.06. The van der Waals surface area contributed by atoms with Crippen LogP contribution < -0.4 is 11.1 Å². The van der Waals surface area contributed by atoms with Crippen LogP contribution in [-0.2, 0) is 4.79 Å². The van der Waals surface area contributed by atoms with Gasteiger partial charge in [-0.05, 0) is 32.2 Å². The molecule has 0 heterocycles. The molecule has 0 radical (unpaired) electrons. The molecule has 0 aromatic rings. The zero-order chi connectivity index (χ0) is 9.19. The Kier molecular flexibility index (Phi) is 2.73. The van der Waals surface area contributed by atoms with Crippen LogP contribution in [0.5, 0.6) is 0 Å². The van der Waals surface area contributed by atoms with Gasteiger partial charge in [0, 0.05) is 12.0 Å². The van der Waals surface area contributed by atoms with Gasteiger partial charge in [-0.15, -0.1) is 0 Å². The number of nitrogens with two attached hydrogens (primary N) is 1. The number of carbonyl (C=O) groups is 1. The monoisotopic (exact) mass is 170 g/mol. The fraction of sp³-hybridized carbons (Fsp3) is 0.889. The number of primary amides is 1. The number of carbonyl (C=O) groups excluding carboxylic acids is 1. The minimum atomic E-state index is -0.203. The molecule has 0 aromatic carbocycles. The van der Waals surface area contributed by atoms with Crippen molar-refractivity contribution in [1.82, 2.24) is 5.32 Å². The van der Waals surface area contributed by atoms with E-state index in [1.165, 1.54) is 12.8 Å². The molecule has 1 saturated carbocycles. The minimum absolute atomic E-state index is 0.0411. The van der Waals surface area contributed by atoms with Crippen LogP contribution in [-0.4, -0.2) is 18.0 Å². The molecule has 0 aromatic heterocycles. The van der Waals surface area contributed by atoms with Crippen molar-refractivity contribution < 1.29 is 4.79 Å². The highest BCUT2D eigenvalue weighted by Crippen LogP contribution is 2.41. The summed E-state index contributed by atoms with van der Waals surface area (Å²) in [7, 11) is 0. The van der Waals surface area contributed by atoms with Crippen molar-refractivity contribution in [3.8, 4) is 0 Å². The molecule has 1 rings (SSSR count). The highest BCUT2D eigenvalue weighted by atomic mass is 16.1. The molecule has 3 nitrogen and oxygen atoms in total. The average molecular weight is 170 g/mol. The van der Waals surface area contributed by atoms with Gasteiger partial charge in [-0.1, -0.05) is 6.92 Å². The summed E-state index contributed by atoms with van der Waals surface area (Å²) in [5.74, 6) is 0.454. The first-order valence-corrected chi connectivity index (χ1v) is 4.62. The van der Waals surface area contributed by atoms with E-state index in [1.54, 1.807) is 0 Å². The Hall–Kier alpha value is -0.570. The lowest BCUT2D eigenvalue weighted by Gasteiger charge is -2.29. The minimum Gasteiger partial charge on any atom is -0.370 e. The Morgan fingerprint density at radius 3 is 2.58 bits per heavy atom. The maximum Gasteiger partial charge on any atom is 0.219 e. The van der Waals surface area contributed by atoms with Crippen LogP contribution in [0.15, 0.2) is 0 Å². The number of rotatable bonds is 5. The zero-order valence-electron chi connectivity index (χ0n) is 7.89. The summed E-state index contributed by atoms with van der Waals surface area (Å²) in [5.41, 5.74) is 5.15. The Labute approximate surface area is 73.7 Å². The maximum absolute atomic E-state index is 10.8. The van der Waals surface area contributed by atoms with Crippen LogP contribution >= 0.6 is 0 Å². The zero-order valence-corrected chi connectivity index (χ0v) is 7.89. The second-order valence-electron chi connectivity index (χ2n) is 3.87. The van der Waals surface area contributed by atoms with E-state index in [2.05, 4.69) is 19.2 Å². The van der Waals surface area contributed by atoms with Gasteiger partial charge >= 0.3 is 0 Å². The van der Waals surface area contributed by atoms with Gasteiger partial charge in [-0.25, -0.2) is 0 Å². The van der Waals surface area contributed by atoms with Crippen LogP contribution in [0.4, 0.5) is 0 Å². The van der Waals surface area contributed by atoms with Crippen LogP contribution in [0.3, 0.4) is 0 Å². The first-order valence-electron chi connectivity index (χ1n) is 4.62. The number of hydrogen-bond donors (Lipinski definition) is 2. The highest BCUT2D eigenvalue weighted by Gasteiger charge is 2.41. The quantitative estimate of drug-likeness (QED) is 0.636. The van der Waals surface area contributed by atoms with Crippen LogP contribution in [0.25, 0.3) is 0 Å². The van der Waals surface area contributed by atoms with Crippen LogP contribution in [0.2, 0.25) is 0 Å². The van der Waals surface area contributed by atoms with Crippen molar-refractivity contribution in [3.63, 3.8) is 0 Å². The Morgan fingerprint density at radius 1 is 1.67 bits per heavy atom. The number of hydrogen-bond acceptors (Lipinski definition) is 2. The van der Waals surface area contributed by atoms with Crippen molar-refractivity contribution in [3.05, 3.63) is 0 Å². The normalized spacial score (nSPS) is 21.8. The summed E-state index contributed by atoms with van der Waals surface area (Å²) in [4.78, 5) is 10.8. The number of amides is 1. The summed E-state index contributed by atoms with van der Waals surface area (Å²) in [5, 5.41) is 3.35. The van der Waals surface area contributed by atoms with E-state index in [1.807, 2.05) is 0 Å².